The monoisotopic (exact) mass is 247 g/mol. The highest BCUT2D eigenvalue weighted by atomic mass is 19.1. The Kier molecular flexibility index (Phi) is 3.41. The Morgan fingerprint density at radius 2 is 1.94 bits per heavy atom. The fraction of sp³-hybridized carbons (Fsp3) is 0.533. The largest absolute Gasteiger partial charge is 0.378 e. The zero-order valence-electron chi connectivity index (χ0n) is 10.8. The number of pyridine rings is 1. The maximum absolute atomic E-state index is 13.3. The second-order valence-corrected chi connectivity index (χ2v) is 5.79. The number of halogens is 1. The van der Waals surface area contributed by atoms with Gasteiger partial charge in [0.15, 0.2) is 0 Å². The molecule has 1 N–H and O–H groups in total. The van der Waals surface area contributed by atoms with Gasteiger partial charge in [-0.3, -0.25) is 0 Å². The lowest BCUT2D eigenvalue weighted by atomic mass is 9.71. The van der Waals surface area contributed by atoms with Gasteiger partial charge in [-0.05, 0) is 43.2 Å². The van der Waals surface area contributed by atoms with Gasteiger partial charge in [0.05, 0.1) is 5.56 Å². The number of aromatic nitrogens is 1. The molecule has 2 rings (SSSR count). The molecule has 1 heterocycles. The minimum Gasteiger partial charge on any atom is -0.378 e. The third-order valence-corrected chi connectivity index (χ3v) is 3.62. The van der Waals surface area contributed by atoms with Gasteiger partial charge in [-0.2, -0.15) is 4.39 Å². The van der Waals surface area contributed by atoms with Crippen molar-refractivity contribution in [3.8, 4) is 11.8 Å². The van der Waals surface area contributed by atoms with Crippen molar-refractivity contribution in [1.29, 1.82) is 0 Å². The molecule has 1 saturated carbocycles. The third kappa shape index (κ3) is 3.08. The highest BCUT2D eigenvalue weighted by molar-refractivity contribution is 5.35. The fourth-order valence-electron chi connectivity index (χ4n) is 2.13. The molecule has 1 aliphatic carbocycles. The Balaban J connectivity index is 2.13. The average Bonchev–Trinajstić information content (AvgIpc) is 2.33. The van der Waals surface area contributed by atoms with Crippen molar-refractivity contribution < 1.29 is 9.50 Å². The Morgan fingerprint density at radius 1 is 1.28 bits per heavy atom. The summed E-state index contributed by atoms with van der Waals surface area (Å²) in [7, 11) is 0. The molecule has 0 aromatic carbocycles. The second-order valence-electron chi connectivity index (χ2n) is 5.79. The first-order valence-electron chi connectivity index (χ1n) is 6.26. The maximum atomic E-state index is 13.3. The van der Waals surface area contributed by atoms with Crippen molar-refractivity contribution in [2.75, 3.05) is 0 Å². The van der Waals surface area contributed by atoms with E-state index in [1.165, 1.54) is 6.20 Å². The van der Waals surface area contributed by atoms with Crippen LogP contribution >= 0.6 is 0 Å². The van der Waals surface area contributed by atoms with Gasteiger partial charge < -0.3 is 5.11 Å². The van der Waals surface area contributed by atoms with Crippen LogP contribution in [0.3, 0.4) is 0 Å². The lowest BCUT2D eigenvalue weighted by Crippen LogP contribution is -2.35. The zero-order chi connectivity index (χ0) is 13.2. The molecule has 1 fully saturated rings. The first-order valence-corrected chi connectivity index (χ1v) is 6.26. The molecule has 1 aliphatic rings. The normalized spacial score (nSPS) is 20.9. The maximum Gasteiger partial charge on any atom is 0.228 e. The molecule has 0 spiro atoms. The first-order chi connectivity index (χ1) is 8.40. The van der Waals surface area contributed by atoms with E-state index in [1.807, 2.05) is 0 Å². The molecule has 0 atom stereocenters. The molecule has 2 nitrogen and oxygen atoms in total. The predicted octanol–water partition coefficient (Wildman–Crippen LogP) is 2.90. The van der Waals surface area contributed by atoms with E-state index in [0.29, 0.717) is 12.8 Å². The topological polar surface area (TPSA) is 33.1 Å². The summed E-state index contributed by atoms with van der Waals surface area (Å²) in [6.45, 7) is 4.39. The van der Waals surface area contributed by atoms with Crippen LogP contribution in [0, 0.1) is 23.2 Å². The highest BCUT2D eigenvalue weighted by Gasteiger charge is 2.35. The molecule has 0 saturated heterocycles. The van der Waals surface area contributed by atoms with E-state index in [2.05, 4.69) is 30.7 Å². The highest BCUT2D eigenvalue weighted by Crippen LogP contribution is 2.39. The van der Waals surface area contributed by atoms with E-state index >= 15 is 0 Å². The summed E-state index contributed by atoms with van der Waals surface area (Å²) in [5, 5.41) is 10.3. The van der Waals surface area contributed by atoms with Crippen LogP contribution in [0.4, 0.5) is 4.39 Å². The van der Waals surface area contributed by atoms with Gasteiger partial charge in [0.2, 0.25) is 5.95 Å². The molecular weight excluding hydrogens is 229 g/mol. The first kappa shape index (κ1) is 13.0. The van der Waals surface area contributed by atoms with Crippen molar-refractivity contribution in [2.24, 2.45) is 5.41 Å². The summed E-state index contributed by atoms with van der Waals surface area (Å²) < 4.78 is 13.3. The number of hydrogen-bond donors (Lipinski definition) is 1. The van der Waals surface area contributed by atoms with E-state index < -0.39 is 11.5 Å². The summed E-state index contributed by atoms with van der Waals surface area (Å²) >= 11 is 0. The average molecular weight is 247 g/mol. The van der Waals surface area contributed by atoms with Crippen molar-refractivity contribution in [1.82, 2.24) is 4.98 Å². The van der Waals surface area contributed by atoms with E-state index in [1.54, 1.807) is 12.1 Å². The minimum atomic E-state index is -0.974. The summed E-state index contributed by atoms with van der Waals surface area (Å²) in [6.07, 6.45) is 4.56. The molecule has 0 radical (unpaired) electrons. The zero-order valence-corrected chi connectivity index (χ0v) is 10.8. The molecule has 1 aromatic heterocycles. The molecule has 0 aliphatic heterocycles. The Hall–Kier alpha value is -1.40. The standard InChI is InChI=1S/C15H18FNO/c1-14(2)7-9-15(18,10-8-14)6-5-12-4-3-11-17-13(12)16/h3-4,11,18H,7-10H2,1-2H3. The Bertz CT molecular complexity index is 489. The lowest BCUT2D eigenvalue weighted by Gasteiger charge is -2.37. The van der Waals surface area contributed by atoms with Crippen LogP contribution < -0.4 is 0 Å². The van der Waals surface area contributed by atoms with E-state index in [4.69, 9.17) is 0 Å². The molecular formula is C15H18FNO. The molecule has 0 unspecified atom stereocenters. The SMILES string of the molecule is CC1(C)CCC(O)(C#Cc2cccnc2F)CC1. The van der Waals surface area contributed by atoms with Crippen LogP contribution in [0.15, 0.2) is 18.3 Å². The van der Waals surface area contributed by atoms with Gasteiger partial charge in [0.1, 0.15) is 5.60 Å². The van der Waals surface area contributed by atoms with Crippen molar-refractivity contribution >= 4 is 0 Å². The summed E-state index contributed by atoms with van der Waals surface area (Å²) in [6, 6.07) is 3.21. The number of rotatable bonds is 0. The van der Waals surface area contributed by atoms with Crippen LogP contribution in [0.25, 0.3) is 0 Å². The van der Waals surface area contributed by atoms with E-state index in [9.17, 15) is 9.50 Å². The van der Waals surface area contributed by atoms with Crippen LogP contribution in [-0.4, -0.2) is 15.7 Å². The second kappa shape index (κ2) is 4.70. The van der Waals surface area contributed by atoms with Gasteiger partial charge in [-0.25, -0.2) is 4.98 Å². The lowest BCUT2D eigenvalue weighted by molar-refractivity contribution is 0.0231. The van der Waals surface area contributed by atoms with E-state index in [-0.39, 0.29) is 11.0 Å². The van der Waals surface area contributed by atoms with Gasteiger partial charge in [-0.1, -0.05) is 25.7 Å². The molecule has 0 bridgehead atoms. The summed E-state index contributed by atoms with van der Waals surface area (Å²) in [5.74, 6) is 4.95. The number of hydrogen-bond acceptors (Lipinski definition) is 2. The van der Waals surface area contributed by atoms with Crippen molar-refractivity contribution in [3.05, 3.63) is 29.8 Å². The fourth-order valence-corrected chi connectivity index (χ4v) is 2.13. The van der Waals surface area contributed by atoms with Gasteiger partial charge in [-0.15, -0.1) is 0 Å². The van der Waals surface area contributed by atoms with Gasteiger partial charge >= 0.3 is 0 Å². The number of nitrogens with zero attached hydrogens (tertiary/aromatic N) is 1. The van der Waals surface area contributed by atoms with Crippen LogP contribution in [0.5, 0.6) is 0 Å². The summed E-state index contributed by atoms with van der Waals surface area (Å²) in [4.78, 5) is 3.54. The van der Waals surface area contributed by atoms with Crippen LogP contribution in [0.2, 0.25) is 0 Å². The van der Waals surface area contributed by atoms with E-state index in [0.717, 1.165) is 12.8 Å². The van der Waals surface area contributed by atoms with Crippen molar-refractivity contribution in [2.45, 2.75) is 45.1 Å². The van der Waals surface area contributed by atoms with Gasteiger partial charge in [0, 0.05) is 6.20 Å². The van der Waals surface area contributed by atoms with Gasteiger partial charge in [0.25, 0.3) is 0 Å². The minimum absolute atomic E-state index is 0.246. The number of aliphatic hydroxyl groups is 1. The predicted molar refractivity (Wildman–Crippen MR) is 68.3 cm³/mol. The van der Waals surface area contributed by atoms with Crippen LogP contribution in [0.1, 0.15) is 45.1 Å². The molecule has 18 heavy (non-hydrogen) atoms. The molecule has 96 valence electrons. The Morgan fingerprint density at radius 3 is 2.56 bits per heavy atom. The van der Waals surface area contributed by atoms with Crippen LogP contribution in [-0.2, 0) is 0 Å². The molecule has 1 aromatic rings. The smallest absolute Gasteiger partial charge is 0.228 e. The third-order valence-electron chi connectivity index (χ3n) is 3.62. The summed E-state index contributed by atoms with van der Waals surface area (Å²) in [5.41, 5.74) is -0.457. The quantitative estimate of drug-likeness (QED) is 0.565. The van der Waals surface area contributed by atoms with Crippen molar-refractivity contribution in [3.63, 3.8) is 0 Å². The Labute approximate surface area is 107 Å². The molecule has 0 amide bonds. The molecule has 3 heteroatoms.